The van der Waals surface area contributed by atoms with Crippen molar-refractivity contribution in [2.45, 2.75) is 31.9 Å². The number of rotatable bonds is 6. The monoisotopic (exact) mass is 432 g/mol. The van der Waals surface area contributed by atoms with E-state index in [4.69, 9.17) is 4.74 Å². The highest BCUT2D eigenvalue weighted by Gasteiger charge is 2.35. The fourth-order valence-corrected chi connectivity index (χ4v) is 3.87. The first kappa shape index (κ1) is 20.0. The summed E-state index contributed by atoms with van der Waals surface area (Å²) in [5.74, 6) is 0.970. The number of carbonyl (C=O) groups excluding carboxylic acids is 1. The van der Waals surface area contributed by atoms with E-state index in [1.165, 1.54) is 0 Å². The predicted octanol–water partition coefficient (Wildman–Crippen LogP) is 2.89. The van der Waals surface area contributed by atoms with E-state index >= 15 is 0 Å². The van der Waals surface area contributed by atoms with Crippen LogP contribution in [0.25, 0.3) is 22.2 Å². The SMILES string of the molecule is CC(=O)N(C)C1CC(Oc2nc(Nc3cnn(C)c3)nc3[nH]cc(-c4cccnc4)c23)C1. The van der Waals surface area contributed by atoms with Crippen molar-refractivity contribution in [2.24, 2.45) is 7.05 Å². The molecule has 0 spiro atoms. The van der Waals surface area contributed by atoms with E-state index in [9.17, 15) is 4.79 Å². The van der Waals surface area contributed by atoms with Gasteiger partial charge in [-0.3, -0.25) is 14.5 Å². The fourth-order valence-electron chi connectivity index (χ4n) is 3.87. The molecule has 10 heteroatoms. The van der Waals surface area contributed by atoms with Gasteiger partial charge in [0.1, 0.15) is 11.8 Å². The van der Waals surface area contributed by atoms with Crippen molar-refractivity contribution in [2.75, 3.05) is 12.4 Å². The Labute approximate surface area is 184 Å². The summed E-state index contributed by atoms with van der Waals surface area (Å²) >= 11 is 0. The maximum absolute atomic E-state index is 11.6. The van der Waals surface area contributed by atoms with Crippen molar-refractivity contribution >= 4 is 28.6 Å². The summed E-state index contributed by atoms with van der Waals surface area (Å²) in [6.45, 7) is 1.58. The van der Waals surface area contributed by atoms with Crippen LogP contribution in [0, 0.1) is 0 Å². The van der Waals surface area contributed by atoms with Crippen LogP contribution in [0.1, 0.15) is 19.8 Å². The second kappa shape index (κ2) is 7.95. The summed E-state index contributed by atoms with van der Waals surface area (Å²) in [5, 5.41) is 8.16. The second-order valence-electron chi connectivity index (χ2n) is 8.04. The van der Waals surface area contributed by atoms with Gasteiger partial charge in [0.2, 0.25) is 17.7 Å². The lowest BCUT2D eigenvalue weighted by molar-refractivity contribution is -0.132. The highest BCUT2D eigenvalue weighted by molar-refractivity contribution is 5.97. The molecule has 0 saturated heterocycles. The Morgan fingerprint density at radius 1 is 1.31 bits per heavy atom. The van der Waals surface area contributed by atoms with E-state index < -0.39 is 0 Å². The molecule has 0 bridgehead atoms. The average Bonchev–Trinajstić information content (AvgIpc) is 3.36. The smallest absolute Gasteiger partial charge is 0.232 e. The number of hydrogen-bond donors (Lipinski definition) is 2. The number of aromatic amines is 1. The lowest BCUT2D eigenvalue weighted by atomic mass is 9.88. The maximum atomic E-state index is 11.6. The van der Waals surface area contributed by atoms with Crippen molar-refractivity contribution < 1.29 is 9.53 Å². The molecular weight excluding hydrogens is 408 g/mol. The number of H-pyrrole nitrogens is 1. The average molecular weight is 432 g/mol. The second-order valence-corrected chi connectivity index (χ2v) is 8.04. The molecule has 0 aliphatic heterocycles. The largest absolute Gasteiger partial charge is 0.474 e. The van der Waals surface area contributed by atoms with Gasteiger partial charge in [-0.2, -0.15) is 15.1 Å². The van der Waals surface area contributed by atoms with Crippen LogP contribution in [0.4, 0.5) is 11.6 Å². The number of aromatic nitrogens is 6. The van der Waals surface area contributed by atoms with E-state index in [0.29, 0.717) is 17.5 Å². The van der Waals surface area contributed by atoms with Crippen molar-refractivity contribution in [3.05, 3.63) is 43.1 Å². The van der Waals surface area contributed by atoms with Gasteiger partial charge < -0.3 is 19.9 Å². The zero-order valence-electron chi connectivity index (χ0n) is 18.1. The fraction of sp³-hybridized carbons (Fsp3) is 0.318. The van der Waals surface area contributed by atoms with Crippen LogP contribution in [0.2, 0.25) is 0 Å². The normalized spacial score (nSPS) is 17.7. The number of carbonyl (C=O) groups is 1. The Balaban J connectivity index is 1.49. The number of hydrogen-bond acceptors (Lipinski definition) is 7. The first-order chi connectivity index (χ1) is 15.5. The summed E-state index contributed by atoms with van der Waals surface area (Å²) < 4.78 is 8.04. The van der Waals surface area contributed by atoms with Gasteiger partial charge in [-0.15, -0.1) is 0 Å². The van der Waals surface area contributed by atoms with E-state index in [2.05, 4.69) is 30.4 Å². The summed E-state index contributed by atoms with van der Waals surface area (Å²) in [7, 11) is 3.68. The third-order valence-electron chi connectivity index (χ3n) is 5.82. The molecule has 2 N–H and O–H groups in total. The standard InChI is InChI=1S/C22H24N8O2/c1-13(31)30(3)16-7-17(8-16)32-21-19-18(14-5-4-6-23-9-14)11-24-20(19)27-22(28-21)26-15-10-25-29(2)12-15/h4-6,9-12,16-17H,7-8H2,1-3H3,(H2,24,26,27,28). The number of aryl methyl sites for hydroxylation is 1. The summed E-state index contributed by atoms with van der Waals surface area (Å²) in [6.07, 6.45) is 10.5. The van der Waals surface area contributed by atoms with Crippen LogP contribution in [-0.4, -0.2) is 59.7 Å². The van der Waals surface area contributed by atoms with Gasteiger partial charge >= 0.3 is 0 Å². The highest BCUT2D eigenvalue weighted by Crippen LogP contribution is 2.37. The molecule has 1 amide bonds. The number of pyridine rings is 1. The van der Waals surface area contributed by atoms with Crippen LogP contribution in [0.15, 0.2) is 43.1 Å². The molecule has 0 radical (unpaired) electrons. The van der Waals surface area contributed by atoms with Crippen molar-refractivity contribution in [1.29, 1.82) is 0 Å². The van der Waals surface area contributed by atoms with Crippen LogP contribution in [-0.2, 0) is 11.8 Å². The highest BCUT2D eigenvalue weighted by atomic mass is 16.5. The van der Waals surface area contributed by atoms with Crippen molar-refractivity contribution in [3.8, 4) is 17.0 Å². The zero-order chi connectivity index (χ0) is 22.2. The number of nitrogens with zero attached hydrogens (tertiary/aromatic N) is 6. The number of amides is 1. The minimum absolute atomic E-state index is 0.0252. The molecule has 1 saturated carbocycles. The Bertz CT molecular complexity index is 1260. The lowest BCUT2D eigenvalue weighted by Crippen LogP contribution is -2.49. The van der Waals surface area contributed by atoms with E-state index in [0.717, 1.165) is 35.0 Å². The number of nitrogens with one attached hydrogen (secondary N) is 2. The lowest BCUT2D eigenvalue weighted by Gasteiger charge is -2.40. The first-order valence-electron chi connectivity index (χ1n) is 10.4. The number of anilines is 2. The third kappa shape index (κ3) is 3.75. The van der Waals surface area contributed by atoms with E-state index in [1.54, 1.807) is 35.1 Å². The molecule has 0 atom stereocenters. The van der Waals surface area contributed by atoms with Gasteiger partial charge in [0.05, 0.1) is 17.3 Å². The topological polar surface area (TPSA) is 114 Å². The Hall–Kier alpha value is -3.95. The molecule has 164 valence electrons. The quantitative estimate of drug-likeness (QED) is 0.481. The molecule has 0 unspecified atom stereocenters. The molecule has 10 nitrogen and oxygen atoms in total. The molecule has 4 aromatic rings. The molecule has 0 aromatic carbocycles. The minimum atomic E-state index is -0.0252. The molecule has 4 heterocycles. The van der Waals surface area contributed by atoms with Crippen LogP contribution in [0.5, 0.6) is 5.88 Å². The van der Waals surface area contributed by atoms with Crippen molar-refractivity contribution in [3.63, 3.8) is 0 Å². The molecular formula is C22H24N8O2. The first-order valence-corrected chi connectivity index (χ1v) is 10.4. The number of ether oxygens (including phenoxy) is 1. The van der Waals surface area contributed by atoms with Crippen LogP contribution in [0.3, 0.4) is 0 Å². The maximum Gasteiger partial charge on any atom is 0.232 e. The predicted molar refractivity (Wildman–Crippen MR) is 119 cm³/mol. The van der Waals surface area contributed by atoms with Gasteiger partial charge in [0.15, 0.2) is 0 Å². The summed E-state index contributed by atoms with van der Waals surface area (Å²) in [4.78, 5) is 30.2. The van der Waals surface area contributed by atoms with Gasteiger partial charge in [-0.25, -0.2) is 0 Å². The Morgan fingerprint density at radius 3 is 2.84 bits per heavy atom. The summed E-state index contributed by atoms with van der Waals surface area (Å²) in [6, 6.07) is 4.07. The molecule has 1 fully saturated rings. The van der Waals surface area contributed by atoms with Crippen LogP contribution >= 0.6 is 0 Å². The van der Waals surface area contributed by atoms with E-state index in [1.807, 2.05) is 38.6 Å². The minimum Gasteiger partial charge on any atom is -0.474 e. The zero-order valence-corrected chi connectivity index (χ0v) is 18.1. The molecule has 32 heavy (non-hydrogen) atoms. The molecule has 1 aliphatic rings. The molecule has 4 aromatic heterocycles. The van der Waals surface area contributed by atoms with Crippen molar-refractivity contribution in [1.82, 2.24) is 34.6 Å². The van der Waals surface area contributed by atoms with Gasteiger partial charge in [-0.05, 0) is 6.07 Å². The van der Waals surface area contributed by atoms with Crippen LogP contribution < -0.4 is 10.1 Å². The number of fused-ring (bicyclic) bond motifs is 1. The van der Waals surface area contributed by atoms with Gasteiger partial charge in [-0.1, -0.05) is 6.07 Å². The molecule has 5 rings (SSSR count). The Morgan fingerprint density at radius 2 is 2.16 bits per heavy atom. The van der Waals surface area contributed by atoms with Gasteiger partial charge in [0.25, 0.3) is 0 Å². The van der Waals surface area contributed by atoms with E-state index in [-0.39, 0.29) is 18.1 Å². The van der Waals surface area contributed by atoms with Gasteiger partial charge in [0, 0.05) is 75.8 Å². The Kier molecular flexibility index (Phi) is 4.96. The summed E-state index contributed by atoms with van der Waals surface area (Å²) in [5.41, 5.74) is 3.32. The third-order valence-corrected chi connectivity index (χ3v) is 5.82. The molecule has 1 aliphatic carbocycles.